The van der Waals surface area contributed by atoms with Crippen molar-refractivity contribution in [2.45, 2.75) is 37.8 Å². The van der Waals surface area contributed by atoms with Gasteiger partial charge in [-0.1, -0.05) is 15.9 Å². The van der Waals surface area contributed by atoms with Crippen molar-refractivity contribution in [1.29, 1.82) is 0 Å². The van der Waals surface area contributed by atoms with Crippen LogP contribution in [0.25, 0.3) is 0 Å². The van der Waals surface area contributed by atoms with E-state index < -0.39 is 6.04 Å². The lowest BCUT2D eigenvalue weighted by Gasteiger charge is -2.22. The fraction of sp³-hybridized carbons (Fsp3) is 0.571. The molecule has 0 saturated heterocycles. The third-order valence-corrected chi connectivity index (χ3v) is 4.17. The Hall–Kier alpha value is -0.780. The largest absolute Gasteiger partial charge is 0.493 e. The minimum Gasteiger partial charge on any atom is -0.493 e. The van der Waals surface area contributed by atoms with E-state index in [0.717, 1.165) is 22.9 Å². The second kappa shape index (κ2) is 6.59. The van der Waals surface area contributed by atoms with E-state index in [9.17, 15) is 5.11 Å². The highest BCUT2D eigenvalue weighted by Crippen LogP contribution is 2.41. The SMILES string of the molecule is COc1ccc(Br)c(C(N)CO)c1OC1CCCC1. The summed E-state index contributed by atoms with van der Waals surface area (Å²) in [7, 11) is 1.61. The molecule has 1 unspecified atom stereocenters. The number of aliphatic hydroxyl groups is 1. The van der Waals surface area contributed by atoms with Crippen molar-refractivity contribution >= 4 is 15.9 Å². The number of nitrogens with two attached hydrogens (primary N) is 1. The van der Waals surface area contributed by atoms with Crippen LogP contribution in [0.15, 0.2) is 16.6 Å². The zero-order chi connectivity index (χ0) is 13.8. The molecule has 5 heteroatoms. The van der Waals surface area contributed by atoms with Gasteiger partial charge in [-0.15, -0.1) is 0 Å². The zero-order valence-corrected chi connectivity index (χ0v) is 12.6. The van der Waals surface area contributed by atoms with Crippen LogP contribution < -0.4 is 15.2 Å². The van der Waals surface area contributed by atoms with E-state index in [1.807, 2.05) is 12.1 Å². The van der Waals surface area contributed by atoms with E-state index in [0.29, 0.717) is 11.5 Å². The van der Waals surface area contributed by atoms with Gasteiger partial charge >= 0.3 is 0 Å². The van der Waals surface area contributed by atoms with Crippen LogP contribution in [0.3, 0.4) is 0 Å². The third kappa shape index (κ3) is 3.22. The number of hydrogen-bond acceptors (Lipinski definition) is 4. The summed E-state index contributed by atoms with van der Waals surface area (Å²) in [5.41, 5.74) is 6.75. The summed E-state index contributed by atoms with van der Waals surface area (Å²) < 4.78 is 12.3. The number of benzene rings is 1. The molecule has 3 N–H and O–H groups in total. The van der Waals surface area contributed by atoms with Crippen LogP contribution in [-0.4, -0.2) is 24.9 Å². The number of rotatable bonds is 5. The van der Waals surface area contributed by atoms with Crippen LogP contribution in [0.4, 0.5) is 0 Å². The molecule has 2 rings (SSSR count). The molecule has 1 aliphatic rings. The molecule has 1 fully saturated rings. The Morgan fingerprint density at radius 2 is 2.11 bits per heavy atom. The summed E-state index contributed by atoms with van der Waals surface area (Å²) >= 11 is 3.47. The molecule has 0 radical (unpaired) electrons. The molecule has 19 heavy (non-hydrogen) atoms. The van der Waals surface area contributed by atoms with Crippen LogP contribution in [0, 0.1) is 0 Å². The summed E-state index contributed by atoms with van der Waals surface area (Å²) in [6, 6.07) is 3.23. The summed E-state index contributed by atoms with van der Waals surface area (Å²) in [4.78, 5) is 0. The molecule has 1 aromatic rings. The smallest absolute Gasteiger partial charge is 0.167 e. The molecule has 1 aliphatic carbocycles. The predicted octanol–water partition coefficient (Wildman–Crippen LogP) is 2.77. The molecular formula is C14H20BrNO3. The van der Waals surface area contributed by atoms with Gasteiger partial charge in [-0.05, 0) is 37.8 Å². The van der Waals surface area contributed by atoms with Crippen LogP contribution in [0.1, 0.15) is 37.3 Å². The number of ether oxygens (including phenoxy) is 2. The van der Waals surface area contributed by atoms with Crippen molar-refractivity contribution < 1.29 is 14.6 Å². The summed E-state index contributed by atoms with van der Waals surface area (Å²) in [6.07, 6.45) is 4.73. The van der Waals surface area contributed by atoms with Crippen molar-refractivity contribution in [3.63, 3.8) is 0 Å². The van der Waals surface area contributed by atoms with Crippen LogP contribution >= 0.6 is 15.9 Å². The maximum atomic E-state index is 9.32. The Bertz CT molecular complexity index is 433. The molecule has 0 bridgehead atoms. The Labute approximate surface area is 122 Å². The number of aliphatic hydroxyl groups excluding tert-OH is 1. The highest BCUT2D eigenvalue weighted by atomic mass is 79.9. The van der Waals surface area contributed by atoms with Gasteiger partial charge in [-0.3, -0.25) is 0 Å². The standard InChI is InChI=1S/C14H20BrNO3/c1-18-12-7-6-10(15)13(11(16)8-17)14(12)19-9-4-2-3-5-9/h6-7,9,11,17H,2-5,8,16H2,1H3. The molecule has 0 heterocycles. The molecule has 0 amide bonds. The quantitative estimate of drug-likeness (QED) is 0.871. The lowest BCUT2D eigenvalue weighted by molar-refractivity contribution is 0.193. The normalized spacial score (nSPS) is 17.5. The van der Waals surface area contributed by atoms with Crippen LogP contribution in [-0.2, 0) is 0 Å². The van der Waals surface area contributed by atoms with E-state index in [4.69, 9.17) is 15.2 Å². The first-order valence-electron chi connectivity index (χ1n) is 6.56. The minimum atomic E-state index is -0.485. The van der Waals surface area contributed by atoms with E-state index >= 15 is 0 Å². The van der Waals surface area contributed by atoms with E-state index in [1.165, 1.54) is 12.8 Å². The zero-order valence-electron chi connectivity index (χ0n) is 11.1. The average Bonchev–Trinajstić information content (AvgIpc) is 2.91. The summed E-state index contributed by atoms with van der Waals surface area (Å²) in [5, 5.41) is 9.32. The molecule has 1 aromatic carbocycles. The molecule has 106 valence electrons. The van der Waals surface area contributed by atoms with Gasteiger partial charge in [-0.2, -0.15) is 0 Å². The second-order valence-electron chi connectivity index (χ2n) is 4.81. The molecular weight excluding hydrogens is 310 g/mol. The molecule has 4 nitrogen and oxygen atoms in total. The van der Waals surface area contributed by atoms with Gasteiger partial charge in [0.05, 0.1) is 25.9 Å². The molecule has 1 atom stereocenters. The summed E-state index contributed by atoms with van der Waals surface area (Å²) in [5.74, 6) is 1.32. The molecule has 0 aromatic heterocycles. The number of halogens is 1. The second-order valence-corrected chi connectivity index (χ2v) is 5.66. The Morgan fingerprint density at radius 3 is 2.68 bits per heavy atom. The highest BCUT2D eigenvalue weighted by Gasteiger charge is 2.24. The maximum absolute atomic E-state index is 9.32. The van der Waals surface area contributed by atoms with E-state index in [-0.39, 0.29) is 12.7 Å². The van der Waals surface area contributed by atoms with Gasteiger partial charge in [0.15, 0.2) is 11.5 Å². The van der Waals surface area contributed by atoms with Crippen LogP contribution in [0.2, 0.25) is 0 Å². The average molecular weight is 330 g/mol. The van der Waals surface area contributed by atoms with Gasteiger partial charge in [-0.25, -0.2) is 0 Å². The topological polar surface area (TPSA) is 64.7 Å². The Morgan fingerprint density at radius 1 is 1.42 bits per heavy atom. The predicted molar refractivity (Wildman–Crippen MR) is 77.6 cm³/mol. The monoisotopic (exact) mass is 329 g/mol. The third-order valence-electron chi connectivity index (χ3n) is 3.48. The fourth-order valence-corrected chi connectivity index (χ4v) is 3.05. The lowest BCUT2D eigenvalue weighted by atomic mass is 10.1. The fourth-order valence-electron chi connectivity index (χ4n) is 2.45. The van der Waals surface area contributed by atoms with Crippen molar-refractivity contribution in [3.05, 3.63) is 22.2 Å². The number of hydrogen-bond donors (Lipinski definition) is 2. The van der Waals surface area contributed by atoms with Gasteiger partial charge in [0.1, 0.15) is 0 Å². The van der Waals surface area contributed by atoms with E-state index in [1.54, 1.807) is 7.11 Å². The maximum Gasteiger partial charge on any atom is 0.167 e. The summed E-state index contributed by atoms with van der Waals surface area (Å²) in [6.45, 7) is -0.132. The van der Waals surface area contributed by atoms with Gasteiger partial charge < -0.3 is 20.3 Å². The van der Waals surface area contributed by atoms with Crippen molar-refractivity contribution in [3.8, 4) is 11.5 Å². The lowest BCUT2D eigenvalue weighted by Crippen LogP contribution is -2.19. The van der Waals surface area contributed by atoms with Gasteiger partial charge in [0, 0.05) is 10.0 Å². The van der Waals surface area contributed by atoms with Crippen molar-refractivity contribution in [2.24, 2.45) is 5.73 Å². The Balaban J connectivity index is 2.37. The first-order chi connectivity index (χ1) is 9.17. The number of methoxy groups -OCH3 is 1. The molecule has 0 spiro atoms. The minimum absolute atomic E-state index is 0.132. The highest BCUT2D eigenvalue weighted by molar-refractivity contribution is 9.10. The molecule has 1 saturated carbocycles. The molecule has 0 aliphatic heterocycles. The first-order valence-corrected chi connectivity index (χ1v) is 7.36. The van der Waals surface area contributed by atoms with Gasteiger partial charge in [0.2, 0.25) is 0 Å². The first kappa shape index (κ1) is 14.6. The van der Waals surface area contributed by atoms with Crippen molar-refractivity contribution in [1.82, 2.24) is 0 Å². The van der Waals surface area contributed by atoms with Crippen molar-refractivity contribution in [2.75, 3.05) is 13.7 Å². The van der Waals surface area contributed by atoms with Gasteiger partial charge in [0.25, 0.3) is 0 Å². The van der Waals surface area contributed by atoms with E-state index in [2.05, 4.69) is 15.9 Å². The Kier molecular flexibility index (Phi) is 5.07. The van der Waals surface area contributed by atoms with Crippen LogP contribution in [0.5, 0.6) is 11.5 Å².